The Hall–Kier alpha value is -4.99. The van der Waals surface area contributed by atoms with E-state index in [4.69, 9.17) is 34.0 Å². The number of para-hydroxylation sites is 2. The Labute approximate surface area is 291 Å². The molecular weight excluding hydrogens is 626 g/mol. The highest BCUT2D eigenvalue weighted by molar-refractivity contribution is 5.84. The molecule has 2 saturated heterocycles. The molecule has 0 aliphatic carbocycles. The predicted molar refractivity (Wildman–Crippen MR) is 197 cm³/mol. The second kappa shape index (κ2) is 13.7. The van der Waals surface area contributed by atoms with E-state index in [1.54, 1.807) is 0 Å². The summed E-state index contributed by atoms with van der Waals surface area (Å²) in [7, 11) is 0. The summed E-state index contributed by atoms with van der Waals surface area (Å²) in [5.74, 6) is 2.99. The largest absolute Gasteiger partial charge is 0.436 e. The summed E-state index contributed by atoms with van der Waals surface area (Å²) in [6, 6.07) is 24.9. The Balaban J connectivity index is 0.000000145. The molecule has 7 aromatic rings. The third-order valence-corrected chi connectivity index (χ3v) is 10.2. The number of fused-ring (bicyclic) bond motifs is 3. The van der Waals surface area contributed by atoms with Gasteiger partial charge in [-0.1, -0.05) is 30.3 Å². The Bertz CT molecular complexity index is 2290. The fourth-order valence-corrected chi connectivity index (χ4v) is 7.35. The second-order valence-corrected chi connectivity index (χ2v) is 13.6. The van der Waals surface area contributed by atoms with Gasteiger partial charge in [0.05, 0.1) is 11.0 Å². The van der Waals surface area contributed by atoms with Crippen molar-refractivity contribution < 1.29 is 18.3 Å². The summed E-state index contributed by atoms with van der Waals surface area (Å²) in [6.45, 7) is 9.55. The molecule has 9 nitrogen and oxygen atoms in total. The average molecular weight is 670 g/mol. The number of rotatable bonds is 5. The van der Waals surface area contributed by atoms with Gasteiger partial charge in [-0.2, -0.15) is 0 Å². The number of oxazole rings is 2. The van der Waals surface area contributed by atoms with Crippen LogP contribution in [0.15, 0.2) is 81.6 Å². The molecule has 50 heavy (non-hydrogen) atoms. The van der Waals surface area contributed by atoms with Crippen molar-refractivity contribution in [3.63, 3.8) is 0 Å². The summed E-state index contributed by atoms with van der Waals surface area (Å²) in [6.07, 6.45) is 5.33. The molecule has 0 saturated carbocycles. The van der Waals surface area contributed by atoms with Crippen molar-refractivity contribution in [1.82, 2.24) is 19.5 Å². The summed E-state index contributed by atoms with van der Waals surface area (Å²) >= 11 is 0. The van der Waals surface area contributed by atoms with Crippen LogP contribution < -0.4 is 5.73 Å². The van der Waals surface area contributed by atoms with Gasteiger partial charge in [-0.3, -0.25) is 0 Å². The molecule has 0 atom stereocenters. The third-order valence-electron chi connectivity index (χ3n) is 10.2. The van der Waals surface area contributed by atoms with Crippen molar-refractivity contribution >= 4 is 38.9 Å². The van der Waals surface area contributed by atoms with Gasteiger partial charge in [0, 0.05) is 49.3 Å². The van der Waals surface area contributed by atoms with Crippen LogP contribution in [0.3, 0.4) is 0 Å². The van der Waals surface area contributed by atoms with Crippen LogP contribution in [0.4, 0.5) is 5.69 Å². The number of imidazole rings is 1. The highest BCUT2D eigenvalue weighted by Crippen LogP contribution is 2.33. The predicted octanol–water partition coefficient (Wildman–Crippen LogP) is 9.17. The maximum Gasteiger partial charge on any atom is 0.227 e. The highest BCUT2D eigenvalue weighted by Gasteiger charge is 2.21. The maximum atomic E-state index is 6.30. The number of nitrogens with two attached hydrogens (primary N) is 1. The van der Waals surface area contributed by atoms with E-state index in [9.17, 15) is 0 Å². The van der Waals surface area contributed by atoms with Crippen LogP contribution in [0.2, 0.25) is 0 Å². The zero-order valence-corrected chi connectivity index (χ0v) is 28.9. The number of hydrogen-bond acceptors (Lipinski definition) is 8. The Morgan fingerprint density at radius 2 is 1.26 bits per heavy atom. The first-order valence-corrected chi connectivity index (χ1v) is 17.7. The van der Waals surface area contributed by atoms with Crippen LogP contribution in [0, 0.1) is 26.7 Å². The van der Waals surface area contributed by atoms with E-state index in [-0.39, 0.29) is 0 Å². The first kappa shape index (κ1) is 32.2. The van der Waals surface area contributed by atoms with Gasteiger partial charge in [0.25, 0.3) is 0 Å². The Morgan fingerprint density at radius 1 is 0.680 bits per heavy atom. The Kier molecular flexibility index (Phi) is 8.85. The van der Waals surface area contributed by atoms with Gasteiger partial charge in [-0.25, -0.2) is 15.0 Å². The summed E-state index contributed by atoms with van der Waals surface area (Å²) in [5, 5.41) is 0. The summed E-state index contributed by atoms with van der Waals surface area (Å²) < 4.78 is 25.2. The van der Waals surface area contributed by atoms with Crippen LogP contribution in [0.25, 0.3) is 56.1 Å². The molecule has 256 valence electrons. The van der Waals surface area contributed by atoms with E-state index in [2.05, 4.69) is 59.8 Å². The van der Waals surface area contributed by atoms with Gasteiger partial charge in [0.1, 0.15) is 16.9 Å². The second-order valence-electron chi connectivity index (χ2n) is 13.6. The lowest BCUT2D eigenvalue weighted by atomic mass is 9.91. The molecule has 2 N–H and O–H groups in total. The minimum Gasteiger partial charge on any atom is -0.436 e. The normalized spacial score (nSPS) is 15.9. The molecule has 9 rings (SSSR count). The zero-order chi connectivity index (χ0) is 34.2. The third kappa shape index (κ3) is 6.39. The van der Waals surface area contributed by atoms with E-state index in [1.165, 1.54) is 11.1 Å². The van der Waals surface area contributed by atoms with Gasteiger partial charge in [0.15, 0.2) is 11.2 Å². The summed E-state index contributed by atoms with van der Waals surface area (Å²) in [5.41, 5.74) is 18.1. The molecule has 3 aromatic heterocycles. The number of benzene rings is 4. The first-order valence-electron chi connectivity index (χ1n) is 17.7. The number of aromatic nitrogens is 4. The van der Waals surface area contributed by atoms with Crippen molar-refractivity contribution in [1.29, 1.82) is 0 Å². The number of nitrogens with zero attached hydrogens (tertiary/aromatic N) is 4. The quantitative estimate of drug-likeness (QED) is 0.181. The molecule has 0 radical (unpaired) electrons. The van der Waals surface area contributed by atoms with E-state index < -0.39 is 0 Å². The van der Waals surface area contributed by atoms with Gasteiger partial charge in [0.2, 0.25) is 11.8 Å². The van der Waals surface area contributed by atoms with Crippen LogP contribution in [0.1, 0.15) is 54.2 Å². The molecule has 0 bridgehead atoms. The fourth-order valence-electron chi connectivity index (χ4n) is 7.35. The maximum absolute atomic E-state index is 6.30. The van der Waals surface area contributed by atoms with E-state index in [1.807, 2.05) is 43.3 Å². The van der Waals surface area contributed by atoms with Crippen molar-refractivity contribution in [3.05, 3.63) is 95.3 Å². The van der Waals surface area contributed by atoms with Gasteiger partial charge in [-0.05, 0) is 118 Å². The molecule has 4 aromatic carbocycles. The minimum atomic E-state index is 0.464. The molecular formula is C41H43N5O4. The van der Waals surface area contributed by atoms with E-state index in [0.29, 0.717) is 23.7 Å². The van der Waals surface area contributed by atoms with Crippen molar-refractivity contribution in [2.75, 3.05) is 32.2 Å². The van der Waals surface area contributed by atoms with Crippen molar-refractivity contribution in [3.8, 4) is 22.9 Å². The van der Waals surface area contributed by atoms with Crippen molar-refractivity contribution in [2.24, 2.45) is 5.92 Å². The van der Waals surface area contributed by atoms with E-state index in [0.717, 1.165) is 120 Å². The molecule has 2 aliphatic rings. The molecule has 0 amide bonds. The van der Waals surface area contributed by atoms with E-state index >= 15 is 0 Å². The average Bonchev–Trinajstić information content (AvgIpc) is 3.86. The monoisotopic (exact) mass is 669 g/mol. The van der Waals surface area contributed by atoms with Crippen LogP contribution in [0.5, 0.6) is 0 Å². The van der Waals surface area contributed by atoms with Crippen LogP contribution in [-0.4, -0.2) is 45.9 Å². The highest BCUT2D eigenvalue weighted by atomic mass is 16.5. The number of ether oxygens (including phenoxy) is 2. The number of anilines is 1. The number of hydrogen-bond donors (Lipinski definition) is 1. The van der Waals surface area contributed by atoms with Crippen LogP contribution >= 0.6 is 0 Å². The van der Waals surface area contributed by atoms with Gasteiger partial charge < -0.3 is 28.6 Å². The lowest BCUT2D eigenvalue weighted by molar-refractivity contribution is 0.0666. The Morgan fingerprint density at radius 3 is 1.86 bits per heavy atom. The minimum absolute atomic E-state index is 0.464. The topological polar surface area (TPSA) is 114 Å². The smallest absolute Gasteiger partial charge is 0.227 e. The molecule has 2 fully saturated rings. The first-order chi connectivity index (χ1) is 24.4. The number of nitrogen functional groups attached to an aromatic ring is 1. The van der Waals surface area contributed by atoms with Crippen LogP contribution in [-0.2, 0) is 15.9 Å². The summed E-state index contributed by atoms with van der Waals surface area (Å²) in [4.78, 5) is 14.1. The molecule has 0 spiro atoms. The van der Waals surface area contributed by atoms with Gasteiger partial charge >= 0.3 is 0 Å². The molecule has 2 aliphatic heterocycles. The fraction of sp³-hybridized carbons (Fsp3) is 0.341. The standard InChI is InChI=1S/C21H21N3O2.C20H22N2O2/c1-13-4-3-5-19-20(13)23-21(26-19)15-6-7-18-17(12-15)22-14(2)24(18)16-8-10-25-11-9-16;1-13-3-2-4-18-19(13)22-20(24-18)16-6-5-15(17(21)12-16)11-14-7-9-23-10-8-14/h3-7,12,16H,8-11H2,1-2H3;2-6,12,14H,7-11,21H2,1H3. The number of aryl methyl sites for hydroxylation is 3. The lowest BCUT2D eigenvalue weighted by Crippen LogP contribution is -2.20. The molecule has 0 unspecified atom stereocenters. The van der Waals surface area contributed by atoms with Gasteiger partial charge in [-0.15, -0.1) is 0 Å². The lowest BCUT2D eigenvalue weighted by Gasteiger charge is -2.25. The SMILES string of the molecule is Cc1cccc2oc(-c3ccc(CC4CCOCC4)c(N)c3)nc12.Cc1cccc2oc(-c3ccc4c(c3)nc(C)n4C3CCOCC3)nc12. The zero-order valence-electron chi connectivity index (χ0n) is 28.9. The molecule has 9 heteroatoms. The van der Waals surface area contributed by atoms with Crippen molar-refractivity contribution in [2.45, 2.75) is 58.9 Å². The molecule has 5 heterocycles.